The second-order valence-electron chi connectivity index (χ2n) is 16.3. The molecule has 4 nitrogen and oxygen atoms in total. The van der Waals surface area contributed by atoms with Crippen LogP contribution in [0.15, 0.2) is 77.5 Å². The zero-order valence-corrected chi connectivity index (χ0v) is 34.9. The molecule has 0 saturated heterocycles. The summed E-state index contributed by atoms with van der Waals surface area (Å²) in [6.07, 6.45) is 6.23. The third kappa shape index (κ3) is 9.52. The Labute approximate surface area is 303 Å². The van der Waals surface area contributed by atoms with Gasteiger partial charge in [0.05, 0.1) is 5.58 Å². The van der Waals surface area contributed by atoms with Crippen LogP contribution < -0.4 is 4.40 Å². The molecule has 0 aliphatic carbocycles. The Hall–Kier alpha value is -3.12. The number of aromatic nitrogens is 3. The predicted molar refractivity (Wildman–Crippen MR) is 201 cm³/mol. The van der Waals surface area contributed by atoms with Crippen LogP contribution in [0.5, 0.6) is 0 Å². The molecule has 0 spiro atoms. The molecule has 6 heteroatoms. The average molecular weight is 877 g/mol. The van der Waals surface area contributed by atoms with E-state index in [-0.39, 0.29) is 25.5 Å². The van der Waals surface area contributed by atoms with E-state index < -0.39 is 13.3 Å². The molecule has 6 aromatic rings. The summed E-state index contributed by atoms with van der Waals surface area (Å²) >= 11 is -1.90. The summed E-state index contributed by atoms with van der Waals surface area (Å²) in [6, 6.07) is 27.3. The minimum atomic E-state index is -1.90. The summed E-state index contributed by atoms with van der Waals surface area (Å²) in [5.74, 6) is 7.33. The van der Waals surface area contributed by atoms with Gasteiger partial charge < -0.3 is 9.40 Å². The number of pyridine rings is 3. The van der Waals surface area contributed by atoms with Crippen molar-refractivity contribution in [3.8, 4) is 22.5 Å². The van der Waals surface area contributed by atoms with Gasteiger partial charge in [0, 0.05) is 37.4 Å². The fraction of sp³-hybridized carbons (Fsp3) is 0.357. The standard InChI is InChI=1S/C23H23N2O.C19H26GeN.Ir/c1-14-13-24-20(11-17(14)12-23(3,4)5)16-7-9-21-19(10-16)18-8-6-15(2)25-22(18)26-21;1-19(2,3)13-16-12-18(15-10-8-7-9-11-15)21-14-17(16)20(4,5)6;/h6,8-11,13H,12H2,1-5H3;7-10,12,14H,13H2,1-6H3;/q2*-1;. The van der Waals surface area contributed by atoms with Crippen LogP contribution in [0.2, 0.25) is 17.3 Å². The number of furan rings is 1. The van der Waals surface area contributed by atoms with Crippen molar-refractivity contribution in [2.45, 2.75) is 85.5 Å². The van der Waals surface area contributed by atoms with E-state index >= 15 is 0 Å². The Morgan fingerprint density at radius 1 is 0.729 bits per heavy atom. The Morgan fingerprint density at radius 3 is 2.02 bits per heavy atom. The molecule has 2 aromatic carbocycles. The van der Waals surface area contributed by atoms with Crippen LogP contribution in [-0.2, 0) is 32.9 Å². The molecule has 4 heterocycles. The number of benzene rings is 2. The third-order valence-corrected chi connectivity index (χ3v) is 12.5. The SMILES string of the molecule is CC(C)(C)Cc1cc(-c2[c-]cccc2)nc[c]1[Ge]([CH3])([CH3])[CH3].Cc1ccc2c(n1)oc1c[c-]c(-c3cc(CC(C)(C)C)c(C)cn3)cc12.[Ir]. The van der Waals surface area contributed by atoms with Gasteiger partial charge in [0.25, 0.3) is 0 Å². The van der Waals surface area contributed by atoms with Gasteiger partial charge in [0.1, 0.15) is 0 Å². The molecule has 0 aliphatic heterocycles. The molecule has 4 aromatic heterocycles. The summed E-state index contributed by atoms with van der Waals surface area (Å²) in [6.45, 7) is 17.8. The molecule has 0 saturated carbocycles. The number of hydrogen-bond donors (Lipinski definition) is 0. The van der Waals surface area contributed by atoms with Gasteiger partial charge in [-0.05, 0) is 49.1 Å². The predicted octanol–water partition coefficient (Wildman–Crippen LogP) is 10.7. The number of aryl methyl sites for hydroxylation is 2. The van der Waals surface area contributed by atoms with Gasteiger partial charge in [-0.15, -0.1) is 23.8 Å². The molecular formula is C42H49GeIrN3O-2. The normalized spacial score (nSPS) is 12.1. The van der Waals surface area contributed by atoms with Crippen molar-refractivity contribution in [1.82, 2.24) is 15.0 Å². The second-order valence-corrected chi connectivity index (χ2v) is 26.8. The summed E-state index contributed by atoms with van der Waals surface area (Å²) < 4.78 is 7.40. The van der Waals surface area contributed by atoms with E-state index in [9.17, 15) is 0 Å². The third-order valence-electron chi connectivity index (χ3n) is 8.12. The van der Waals surface area contributed by atoms with Crippen molar-refractivity contribution in [3.63, 3.8) is 0 Å². The van der Waals surface area contributed by atoms with Crippen molar-refractivity contribution in [2.75, 3.05) is 0 Å². The van der Waals surface area contributed by atoms with Crippen molar-refractivity contribution >= 4 is 39.7 Å². The number of hydrogen-bond acceptors (Lipinski definition) is 4. The molecule has 0 unspecified atom stereocenters. The van der Waals surface area contributed by atoms with Gasteiger partial charge in [-0.2, -0.15) is 0 Å². The van der Waals surface area contributed by atoms with Gasteiger partial charge in [-0.1, -0.05) is 37.8 Å². The fourth-order valence-electron chi connectivity index (χ4n) is 5.91. The van der Waals surface area contributed by atoms with E-state index in [0.717, 1.165) is 57.4 Å². The Balaban J connectivity index is 0.000000218. The molecule has 0 N–H and O–H groups in total. The maximum absolute atomic E-state index is 5.87. The minimum Gasteiger partial charge on any atom is -0.486 e. The maximum atomic E-state index is 5.87. The topological polar surface area (TPSA) is 51.8 Å². The van der Waals surface area contributed by atoms with Crippen LogP contribution >= 0.6 is 0 Å². The molecule has 48 heavy (non-hydrogen) atoms. The largest absolute Gasteiger partial charge is 0.486 e. The van der Waals surface area contributed by atoms with Gasteiger partial charge >= 0.3 is 132 Å². The molecule has 0 atom stereocenters. The zero-order valence-electron chi connectivity index (χ0n) is 30.4. The summed E-state index contributed by atoms with van der Waals surface area (Å²) in [4.78, 5) is 13.9. The monoisotopic (exact) mass is 878 g/mol. The van der Waals surface area contributed by atoms with Crippen LogP contribution in [0, 0.1) is 36.8 Å². The average Bonchev–Trinajstić information content (AvgIpc) is 3.33. The Morgan fingerprint density at radius 2 is 1.38 bits per heavy atom. The second kappa shape index (κ2) is 14.8. The van der Waals surface area contributed by atoms with E-state index in [2.05, 4.69) is 124 Å². The first-order valence-corrected chi connectivity index (χ1v) is 24.0. The summed E-state index contributed by atoms with van der Waals surface area (Å²) in [5.41, 5.74) is 11.1. The number of fused-ring (bicyclic) bond motifs is 3. The van der Waals surface area contributed by atoms with Gasteiger partial charge in [-0.3, -0.25) is 0 Å². The molecule has 0 aliphatic rings. The van der Waals surface area contributed by atoms with Crippen LogP contribution in [0.1, 0.15) is 63.9 Å². The number of nitrogens with zero attached hydrogens (tertiary/aromatic N) is 3. The van der Waals surface area contributed by atoms with Gasteiger partial charge in [0.2, 0.25) is 5.71 Å². The maximum Gasteiger partial charge on any atom is 0.216 e. The van der Waals surface area contributed by atoms with Gasteiger partial charge in [0.15, 0.2) is 0 Å². The van der Waals surface area contributed by atoms with E-state index in [1.165, 1.54) is 21.1 Å². The van der Waals surface area contributed by atoms with Crippen molar-refractivity contribution in [1.29, 1.82) is 0 Å². The molecule has 0 bridgehead atoms. The number of rotatable bonds is 5. The van der Waals surface area contributed by atoms with Crippen molar-refractivity contribution in [3.05, 3.63) is 108 Å². The molecule has 253 valence electrons. The first-order chi connectivity index (χ1) is 22.0. The van der Waals surface area contributed by atoms with Crippen molar-refractivity contribution in [2.24, 2.45) is 10.8 Å². The van der Waals surface area contributed by atoms with Crippen LogP contribution in [0.4, 0.5) is 0 Å². The summed E-state index contributed by atoms with van der Waals surface area (Å²) in [7, 11) is 0. The van der Waals surface area contributed by atoms with Crippen molar-refractivity contribution < 1.29 is 24.5 Å². The van der Waals surface area contributed by atoms with Crippen LogP contribution in [0.25, 0.3) is 44.6 Å². The minimum absolute atomic E-state index is 0. The molecule has 0 amide bonds. The molecular weight excluding hydrogens is 827 g/mol. The molecule has 6 rings (SSSR count). The van der Waals surface area contributed by atoms with E-state index in [1.54, 1.807) is 0 Å². The van der Waals surface area contributed by atoms with Crippen LogP contribution in [0.3, 0.4) is 0 Å². The smallest absolute Gasteiger partial charge is 0.216 e. The zero-order chi connectivity index (χ0) is 34.1. The molecule has 0 fully saturated rings. The summed E-state index contributed by atoms with van der Waals surface area (Å²) in [5, 5.41) is 2.09. The van der Waals surface area contributed by atoms with Gasteiger partial charge in [-0.25, -0.2) is 4.98 Å². The first-order valence-electron chi connectivity index (χ1n) is 16.6. The fourth-order valence-corrected chi connectivity index (χ4v) is 9.21. The van der Waals surface area contributed by atoms with E-state index in [4.69, 9.17) is 9.40 Å². The Kier molecular flexibility index (Phi) is 11.6. The Bertz CT molecular complexity index is 2010. The van der Waals surface area contributed by atoms with E-state index in [0.29, 0.717) is 11.1 Å². The van der Waals surface area contributed by atoms with Crippen LogP contribution in [-0.4, -0.2) is 28.2 Å². The first kappa shape index (κ1) is 37.7. The molecule has 1 radical (unpaired) electrons. The van der Waals surface area contributed by atoms with E-state index in [1.807, 2.05) is 43.5 Å². The quantitative estimate of drug-likeness (QED) is 0.128.